The molecule has 2 N–H and O–H groups in total. The second kappa shape index (κ2) is 7.09. The number of amides is 1. The second-order valence-corrected chi connectivity index (χ2v) is 5.79. The highest BCUT2D eigenvalue weighted by atomic mass is 16.4. The number of benzene rings is 1. The van der Waals surface area contributed by atoms with Gasteiger partial charge in [-0.2, -0.15) is 5.10 Å². The van der Waals surface area contributed by atoms with Gasteiger partial charge in [0.2, 0.25) is 0 Å². The van der Waals surface area contributed by atoms with Crippen molar-refractivity contribution in [3.8, 4) is 0 Å². The van der Waals surface area contributed by atoms with Crippen LogP contribution in [0.25, 0.3) is 0 Å². The molecule has 0 aliphatic heterocycles. The lowest BCUT2D eigenvalue weighted by Crippen LogP contribution is -2.42. The molecule has 0 unspecified atom stereocenters. The van der Waals surface area contributed by atoms with Crippen molar-refractivity contribution in [3.63, 3.8) is 0 Å². The number of aliphatic carboxylic acids is 1. The summed E-state index contributed by atoms with van der Waals surface area (Å²) in [5.74, 6) is -1.31. The molecular formula is C17H21N3O3. The average Bonchev–Trinajstić information content (AvgIpc) is 2.89. The summed E-state index contributed by atoms with van der Waals surface area (Å²) in [5, 5.41) is 16.0. The smallest absolute Gasteiger partial charge is 0.326 e. The molecule has 1 amide bonds. The van der Waals surface area contributed by atoms with Gasteiger partial charge in [0.05, 0.1) is 0 Å². The quantitative estimate of drug-likeness (QED) is 0.853. The fraction of sp³-hybridized carbons (Fsp3) is 0.353. The van der Waals surface area contributed by atoms with E-state index in [0.29, 0.717) is 0 Å². The Morgan fingerprint density at radius 3 is 2.43 bits per heavy atom. The van der Waals surface area contributed by atoms with E-state index in [0.717, 1.165) is 11.3 Å². The van der Waals surface area contributed by atoms with E-state index < -0.39 is 17.9 Å². The first-order valence-electron chi connectivity index (χ1n) is 7.50. The SMILES string of the molecule is CC(C)c1cc(C(=O)N[C@H](Cc2ccccc2)C(=O)O)nn1C. The summed E-state index contributed by atoms with van der Waals surface area (Å²) in [7, 11) is 1.77. The minimum Gasteiger partial charge on any atom is -0.480 e. The monoisotopic (exact) mass is 315 g/mol. The predicted molar refractivity (Wildman–Crippen MR) is 86.3 cm³/mol. The fourth-order valence-electron chi connectivity index (χ4n) is 2.42. The summed E-state index contributed by atoms with van der Waals surface area (Å²) in [4.78, 5) is 23.7. The first-order chi connectivity index (χ1) is 10.9. The zero-order valence-electron chi connectivity index (χ0n) is 13.5. The van der Waals surface area contributed by atoms with E-state index in [1.165, 1.54) is 0 Å². The number of nitrogens with zero attached hydrogens (tertiary/aromatic N) is 2. The molecule has 0 saturated carbocycles. The molecule has 0 saturated heterocycles. The van der Waals surface area contributed by atoms with Crippen molar-refractivity contribution in [3.05, 3.63) is 53.3 Å². The fourth-order valence-corrected chi connectivity index (χ4v) is 2.42. The van der Waals surface area contributed by atoms with Gasteiger partial charge in [-0.1, -0.05) is 44.2 Å². The largest absolute Gasteiger partial charge is 0.480 e. The Hall–Kier alpha value is -2.63. The van der Waals surface area contributed by atoms with Gasteiger partial charge < -0.3 is 10.4 Å². The Morgan fingerprint density at radius 2 is 1.91 bits per heavy atom. The zero-order chi connectivity index (χ0) is 17.0. The van der Waals surface area contributed by atoms with Crippen LogP contribution in [0.2, 0.25) is 0 Å². The van der Waals surface area contributed by atoms with Crippen molar-refractivity contribution in [1.29, 1.82) is 0 Å². The molecular weight excluding hydrogens is 294 g/mol. The number of nitrogens with one attached hydrogen (secondary N) is 1. The first kappa shape index (κ1) is 16.7. The normalized spacial score (nSPS) is 12.2. The Balaban J connectivity index is 2.12. The molecule has 6 heteroatoms. The van der Waals surface area contributed by atoms with Crippen LogP contribution in [-0.2, 0) is 18.3 Å². The summed E-state index contributed by atoms with van der Waals surface area (Å²) in [6, 6.07) is 9.91. The number of carboxylic acids is 1. The molecule has 2 aromatic rings. The number of carbonyl (C=O) groups is 2. The Kier molecular flexibility index (Phi) is 5.16. The highest BCUT2D eigenvalue weighted by Crippen LogP contribution is 2.15. The van der Waals surface area contributed by atoms with Crippen molar-refractivity contribution < 1.29 is 14.7 Å². The third-order valence-electron chi connectivity index (χ3n) is 3.63. The number of hydrogen-bond donors (Lipinski definition) is 2. The predicted octanol–water partition coefficient (Wildman–Crippen LogP) is 1.97. The van der Waals surface area contributed by atoms with Crippen LogP contribution in [0.3, 0.4) is 0 Å². The van der Waals surface area contributed by atoms with E-state index in [1.54, 1.807) is 17.8 Å². The Morgan fingerprint density at radius 1 is 1.26 bits per heavy atom. The molecule has 1 heterocycles. The minimum absolute atomic E-state index is 0.228. The topological polar surface area (TPSA) is 84.2 Å². The highest BCUT2D eigenvalue weighted by molar-refractivity contribution is 5.95. The van der Waals surface area contributed by atoms with E-state index in [-0.39, 0.29) is 18.0 Å². The molecule has 23 heavy (non-hydrogen) atoms. The third-order valence-corrected chi connectivity index (χ3v) is 3.63. The molecule has 0 aliphatic carbocycles. The summed E-state index contributed by atoms with van der Waals surface area (Å²) >= 11 is 0. The summed E-state index contributed by atoms with van der Waals surface area (Å²) in [5.41, 5.74) is 2.00. The minimum atomic E-state index is -1.07. The van der Waals surface area contributed by atoms with Crippen molar-refractivity contribution in [2.45, 2.75) is 32.2 Å². The number of carboxylic acid groups (broad SMARTS) is 1. The van der Waals surface area contributed by atoms with E-state index in [1.807, 2.05) is 44.2 Å². The van der Waals surface area contributed by atoms with Gasteiger partial charge in [0.1, 0.15) is 11.7 Å². The van der Waals surface area contributed by atoms with Gasteiger partial charge in [-0.05, 0) is 17.5 Å². The molecule has 1 aromatic carbocycles. The first-order valence-corrected chi connectivity index (χ1v) is 7.50. The maximum Gasteiger partial charge on any atom is 0.326 e. The van der Waals surface area contributed by atoms with Crippen LogP contribution < -0.4 is 5.32 Å². The molecule has 0 bridgehead atoms. The van der Waals surface area contributed by atoms with Crippen molar-refractivity contribution >= 4 is 11.9 Å². The number of aryl methyl sites for hydroxylation is 1. The van der Waals surface area contributed by atoms with E-state index in [4.69, 9.17) is 0 Å². The van der Waals surface area contributed by atoms with Crippen LogP contribution in [-0.4, -0.2) is 32.8 Å². The van der Waals surface area contributed by atoms with E-state index >= 15 is 0 Å². The van der Waals surface area contributed by atoms with Gasteiger partial charge in [-0.25, -0.2) is 4.79 Å². The molecule has 6 nitrogen and oxygen atoms in total. The average molecular weight is 315 g/mol. The van der Waals surface area contributed by atoms with Crippen LogP contribution in [0.5, 0.6) is 0 Å². The molecule has 0 fully saturated rings. The molecule has 0 spiro atoms. The van der Waals surface area contributed by atoms with Gasteiger partial charge in [0.25, 0.3) is 5.91 Å². The van der Waals surface area contributed by atoms with Gasteiger partial charge in [0.15, 0.2) is 0 Å². The van der Waals surface area contributed by atoms with E-state index in [9.17, 15) is 14.7 Å². The lowest BCUT2D eigenvalue weighted by molar-refractivity contribution is -0.139. The number of rotatable bonds is 6. The van der Waals surface area contributed by atoms with Crippen LogP contribution in [0.4, 0.5) is 0 Å². The molecule has 1 aromatic heterocycles. The summed E-state index contributed by atoms with van der Waals surface area (Å²) in [6.45, 7) is 4.02. The van der Waals surface area contributed by atoms with Crippen LogP contribution in [0.1, 0.15) is 41.5 Å². The Bertz CT molecular complexity index is 692. The molecule has 1 atom stereocenters. The van der Waals surface area contributed by atoms with Crippen LogP contribution in [0.15, 0.2) is 36.4 Å². The van der Waals surface area contributed by atoms with Gasteiger partial charge in [-0.15, -0.1) is 0 Å². The molecule has 0 aliphatic rings. The molecule has 2 rings (SSSR count). The molecule has 0 radical (unpaired) electrons. The van der Waals surface area contributed by atoms with E-state index in [2.05, 4.69) is 10.4 Å². The summed E-state index contributed by atoms with van der Waals surface area (Å²) in [6.07, 6.45) is 0.228. The molecule has 122 valence electrons. The summed E-state index contributed by atoms with van der Waals surface area (Å²) < 4.78 is 1.65. The van der Waals surface area contributed by atoms with Crippen LogP contribution >= 0.6 is 0 Å². The van der Waals surface area contributed by atoms with Gasteiger partial charge in [-0.3, -0.25) is 9.48 Å². The maximum absolute atomic E-state index is 12.3. The zero-order valence-corrected chi connectivity index (χ0v) is 13.5. The number of hydrogen-bond acceptors (Lipinski definition) is 3. The second-order valence-electron chi connectivity index (χ2n) is 5.79. The van der Waals surface area contributed by atoms with Crippen LogP contribution in [0, 0.1) is 0 Å². The standard InChI is InChI=1S/C17H21N3O3/c1-11(2)15-10-13(19-20(15)3)16(21)18-14(17(22)23)9-12-7-5-4-6-8-12/h4-8,10-11,14H,9H2,1-3H3,(H,18,21)(H,22,23)/t14-/m1/s1. The Labute approximate surface area is 135 Å². The number of carbonyl (C=O) groups excluding carboxylic acids is 1. The van der Waals surface area contributed by atoms with Crippen molar-refractivity contribution in [2.24, 2.45) is 7.05 Å². The van der Waals surface area contributed by atoms with Crippen molar-refractivity contribution in [2.75, 3.05) is 0 Å². The van der Waals surface area contributed by atoms with Crippen molar-refractivity contribution in [1.82, 2.24) is 15.1 Å². The lowest BCUT2D eigenvalue weighted by atomic mass is 10.1. The third kappa shape index (κ3) is 4.18. The van der Waals surface area contributed by atoms with Gasteiger partial charge in [0, 0.05) is 19.2 Å². The maximum atomic E-state index is 12.3. The highest BCUT2D eigenvalue weighted by Gasteiger charge is 2.23. The van der Waals surface area contributed by atoms with Gasteiger partial charge >= 0.3 is 5.97 Å². The number of aromatic nitrogens is 2. The lowest BCUT2D eigenvalue weighted by Gasteiger charge is -2.13.